The van der Waals surface area contributed by atoms with Crippen molar-refractivity contribution in [2.45, 2.75) is 50.4 Å². The van der Waals surface area contributed by atoms with Crippen LogP contribution in [0, 0.1) is 6.92 Å². The molecule has 0 radical (unpaired) electrons. The van der Waals surface area contributed by atoms with E-state index in [4.69, 9.17) is 4.74 Å². The van der Waals surface area contributed by atoms with Gasteiger partial charge in [-0.05, 0) is 37.5 Å². The zero-order chi connectivity index (χ0) is 11.2. The third kappa shape index (κ3) is 1.64. The number of hydrogen-bond donors (Lipinski definition) is 1. The Morgan fingerprint density at radius 1 is 1.38 bits per heavy atom. The Hall–Kier alpha value is -0.930. The van der Waals surface area contributed by atoms with Crippen molar-refractivity contribution in [2.24, 2.45) is 0 Å². The van der Waals surface area contributed by atoms with Gasteiger partial charge >= 0.3 is 0 Å². The second kappa shape index (κ2) is 3.54. The number of hydrogen-bond acceptors (Lipinski definition) is 3. The van der Waals surface area contributed by atoms with Crippen molar-refractivity contribution in [1.82, 2.24) is 4.98 Å². The van der Waals surface area contributed by atoms with Gasteiger partial charge in [-0.1, -0.05) is 0 Å². The predicted octanol–water partition coefficient (Wildman–Crippen LogP) is 1.92. The van der Waals surface area contributed by atoms with Gasteiger partial charge in [0.15, 0.2) is 0 Å². The van der Waals surface area contributed by atoms with Crippen LogP contribution in [-0.2, 0) is 10.3 Å². The quantitative estimate of drug-likeness (QED) is 0.784. The molecule has 2 atom stereocenters. The molecular weight excluding hydrogens is 202 g/mol. The molecule has 3 rings (SSSR count). The molecule has 2 fully saturated rings. The smallest absolute Gasteiger partial charge is 0.111 e. The van der Waals surface area contributed by atoms with E-state index in [0.29, 0.717) is 12.8 Å². The molecule has 0 aliphatic carbocycles. The maximum atomic E-state index is 10.7. The van der Waals surface area contributed by atoms with Crippen molar-refractivity contribution in [3.8, 4) is 0 Å². The lowest BCUT2D eigenvalue weighted by Crippen LogP contribution is -2.39. The molecule has 16 heavy (non-hydrogen) atoms. The number of aliphatic hydroxyl groups is 1. The molecule has 2 unspecified atom stereocenters. The van der Waals surface area contributed by atoms with Crippen LogP contribution < -0.4 is 0 Å². The molecule has 0 spiro atoms. The van der Waals surface area contributed by atoms with Crippen LogP contribution in [0.4, 0.5) is 0 Å². The number of ether oxygens (including phenoxy) is 1. The van der Waals surface area contributed by atoms with E-state index in [0.717, 1.165) is 24.1 Å². The fraction of sp³-hybridized carbons (Fsp3) is 0.615. The summed E-state index contributed by atoms with van der Waals surface area (Å²) in [6.07, 6.45) is 5.79. The van der Waals surface area contributed by atoms with Crippen molar-refractivity contribution in [3.63, 3.8) is 0 Å². The fourth-order valence-electron chi connectivity index (χ4n) is 2.92. The van der Waals surface area contributed by atoms with Crippen LogP contribution in [0.15, 0.2) is 18.3 Å². The first-order chi connectivity index (χ1) is 7.66. The van der Waals surface area contributed by atoms with Crippen LogP contribution in [0.2, 0.25) is 0 Å². The maximum absolute atomic E-state index is 10.7. The van der Waals surface area contributed by atoms with E-state index in [1.54, 1.807) is 6.20 Å². The topological polar surface area (TPSA) is 42.4 Å². The maximum Gasteiger partial charge on any atom is 0.111 e. The number of aryl methyl sites for hydroxylation is 1. The summed E-state index contributed by atoms with van der Waals surface area (Å²) in [5.74, 6) is 0. The van der Waals surface area contributed by atoms with E-state index < -0.39 is 5.60 Å². The van der Waals surface area contributed by atoms with Crippen molar-refractivity contribution in [3.05, 3.63) is 29.6 Å². The monoisotopic (exact) mass is 219 g/mol. The second-order valence-electron chi connectivity index (χ2n) is 5.12. The van der Waals surface area contributed by atoms with E-state index in [1.165, 1.54) is 0 Å². The van der Waals surface area contributed by atoms with Gasteiger partial charge in [-0.25, -0.2) is 0 Å². The first kappa shape index (κ1) is 10.2. The van der Waals surface area contributed by atoms with Crippen molar-refractivity contribution in [1.29, 1.82) is 0 Å². The van der Waals surface area contributed by atoms with Gasteiger partial charge in [0.2, 0.25) is 0 Å². The van der Waals surface area contributed by atoms with Crippen LogP contribution in [0.5, 0.6) is 0 Å². The molecule has 86 valence electrons. The largest absolute Gasteiger partial charge is 0.383 e. The minimum absolute atomic E-state index is 0.228. The molecule has 0 amide bonds. The number of aromatic nitrogens is 1. The average molecular weight is 219 g/mol. The zero-order valence-electron chi connectivity index (χ0n) is 9.52. The molecule has 2 aliphatic heterocycles. The highest BCUT2D eigenvalue weighted by molar-refractivity contribution is 5.21. The minimum atomic E-state index is -0.768. The lowest BCUT2D eigenvalue weighted by atomic mass is 9.86. The molecule has 0 saturated carbocycles. The number of pyridine rings is 1. The standard InChI is InChI=1S/C13H17NO2/c1-9-4-5-14-12(6-9)13(15)7-10-2-3-11(8-13)16-10/h4-6,10-11,15H,2-3,7-8H2,1H3. The van der Waals surface area contributed by atoms with Crippen molar-refractivity contribution >= 4 is 0 Å². The van der Waals surface area contributed by atoms with Gasteiger partial charge in [-0.15, -0.1) is 0 Å². The molecule has 1 N–H and O–H groups in total. The fourth-order valence-corrected chi connectivity index (χ4v) is 2.92. The molecular formula is C13H17NO2. The van der Waals surface area contributed by atoms with Crippen LogP contribution in [0.25, 0.3) is 0 Å². The van der Waals surface area contributed by atoms with Gasteiger partial charge in [-0.2, -0.15) is 0 Å². The summed E-state index contributed by atoms with van der Waals surface area (Å²) in [4.78, 5) is 4.33. The Morgan fingerprint density at radius 2 is 2.06 bits per heavy atom. The first-order valence-electron chi connectivity index (χ1n) is 5.97. The normalized spacial score (nSPS) is 37.6. The molecule has 1 aromatic rings. The summed E-state index contributed by atoms with van der Waals surface area (Å²) < 4.78 is 5.76. The molecule has 3 heterocycles. The number of rotatable bonds is 1. The Labute approximate surface area is 95.5 Å². The Kier molecular flexibility index (Phi) is 2.26. The number of nitrogens with zero attached hydrogens (tertiary/aromatic N) is 1. The summed E-state index contributed by atoms with van der Waals surface area (Å²) >= 11 is 0. The van der Waals surface area contributed by atoms with Crippen molar-refractivity contribution < 1.29 is 9.84 Å². The van der Waals surface area contributed by atoms with E-state index in [2.05, 4.69) is 4.98 Å². The predicted molar refractivity (Wildman–Crippen MR) is 60.0 cm³/mol. The number of fused-ring (bicyclic) bond motifs is 2. The molecule has 1 aromatic heterocycles. The molecule has 2 saturated heterocycles. The van der Waals surface area contributed by atoms with E-state index in [9.17, 15) is 5.11 Å². The van der Waals surface area contributed by atoms with Crippen LogP contribution >= 0.6 is 0 Å². The van der Waals surface area contributed by atoms with Crippen LogP contribution in [0.3, 0.4) is 0 Å². The van der Waals surface area contributed by atoms with E-state index in [-0.39, 0.29) is 12.2 Å². The summed E-state index contributed by atoms with van der Waals surface area (Å²) in [6.45, 7) is 2.03. The van der Waals surface area contributed by atoms with E-state index >= 15 is 0 Å². The second-order valence-corrected chi connectivity index (χ2v) is 5.12. The summed E-state index contributed by atoms with van der Waals surface area (Å²) in [7, 11) is 0. The molecule has 2 aliphatic rings. The summed E-state index contributed by atoms with van der Waals surface area (Å²) in [5.41, 5.74) is 1.20. The van der Waals surface area contributed by atoms with Gasteiger partial charge < -0.3 is 9.84 Å². The van der Waals surface area contributed by atoms with E-state index in [1.807, 2.05) is 19.1 Å². The highest BCUT2D eigenvalue weighted by Crippen LogP contribution is 2.43. The highest BCUT2D eigenvalue weighted by Gasteiger charge is 2.45. The van der Waals surface area contributed by atoms with Crippen LogP contribution in [0.1, 0.15) is 36.9 Å². The third-order valence-corrected chi connectivity index (χ3v) is 3.72. The lowest BCUT2D eigenvalue weighted by molar-refractivity contribution is -0.117. The average Bonchev–Trinajstić information content (AvgIpc) is 2.59. The zero-order valence-corrected chi connectivity index (χ0v) is 9.52. The molecule has 2 bridgehead atoms. The minimum Gasteiger partial charge on any atom is -0.383 e. The first-order valence-corrected chi connectivity index (χ1v) is 5.97. The highest BCUT2D eigenvalue weighted by atomic mass is 16.5. The molecule has 3 heteroatoms. The summed E-state index contributed by atoms with van der Waals surface area (Å²) in [6, 6.07) is 3.95. The SMILES string of the molecule is Cc1ccnc(C2(O)CC3CCC(C2)O3)c1. The van der Waals surface area contributed by atoms with Gasteiger partial charge in [0, 0.05) is 19.0 Å². The Balaban J connectivity index is 1.93. The summed E-state index contributed by atoms with van der Waals surface area (Å²) in [5, 5.41) is 10.7. The lowest BCUT2D eigenvalue weighted by Gasteiger charge is -2.36. The van der Waals surface area contributed by atoms with Gasteiger partial charge in [0.1, 0.15) is 5.60 Å². The van der Waals surface area contributed by atoms with Crippen molar-refractivity contribution in [2.75, 3.05) is 0 Å². The third-order valence-electron chi connectivity index (χ3n) is 3.72. The van der Waals surface area contributed by atoms with Crippen LogP contribution in [-0.4, -0.2) is 22.3 Å². The molecule has 0 aromatic carbocycles. The van der Waals surface area contributed by atoms with Gasteiger partial charge in [0.05, 0.1) is 17.9 Å². The van der Waals surface area contributed by atoms with Gasteiger partial charge in [-0.3, -0.25) is 4.98 Å². The van der Waals surface area contributed by atoms with Gasteiger partial charge in [0.25, 0.3) is 0 Å². The molecule has 3 nitrogen and oxygen atoms in total. The Morgan fingerprint density at radius 3 is 2.69 bits per heavy atom. The Bertz CT molecular complexity index is 393.